The van der Waals surface area contributed by atoms with E-state index in [9.17, 15) is 4.79 Å². The maximum absolute atomic E-state index is 11.2. The third kappa shape index (κ3) is 3.87. The van der Waals surface area contributed by atoms with Gasteiger partial charge in [-0.1, -0.05) is 4.49 Å². The molecule has 0 fully saturated rings. The van der Waals surface area contributed by atoms with Gasteiger partial charge in [-0.3, -0.25) is 5.32 Å². The summed E-state index contributed by atoms with van der Waals surface area (Å²) >= 11 is 1.13. The van der Waals surface area contributed by atoms with Gasteiger partial charge in [-0.2, -0.15) is 0 Å². The van der Waals surface area contributed by atoms with E-state index in [1.807, 2.05) is 0 Å². The fourth-order valence-corrected chi connectivity index (χ4v) is 1.19. The van der Waals surface area contributed by atoms with Crippen LogP contribution in [0.2, 0.25) is 0 Å². The molecule has 0 aliphatic heterocycles. The number of aromatic nitrogens is 2. The number of hydrogen-bond donors (Lipinski definition) is 2. The number of unbranched alkanes of at least 4 members (excludes halogenated alkanes) is 1. The molecule has 0 aromatic carbocycles. The molecule has 0 radical (unpaired) electrons. The number of amides is 2. The SMILES string of the molecule is C#CCCCNC(=O)Nc1cnns1. The van der Waals surface area contributed by atoms with Gasteiger partial charge in [-0.05, 0) is 6.42 Å². The van der Waals surface area contributed by atoms with E-state index < -0.39 is 0 Å². The number of carbonyl (C=O) groups is 1. The first kappa shape index (κ1) is 10.5. The summed E-state index contributed by atoms with van der Waals surface area (Å²) in [5.41, 5.74) is 0. The van der Waals surface area contributed by atoms with Gasteiger partial charge >= 0.3 is 6.03 Å². The van der Waals surface area contributed by atoms with Gasteiger partial charge in [0.25, 0.3) is 0 Å². The fourth-order valence-electron chi connectivity index (χ4n) is 0.771. The predicted octanol–water partition coefficient (Wildman–Crippen LogP) is 1.07. The Morgan fingerprint density at radius 3 is 3.21 bits per heavy atom. The molecule has 1 aromatic rings. The summed E-state index contributed by atoms with van der Waals surface area (Å²) in [4.78, 5) is 11.2. The number of urea groups is 1. The molecule has 1 heterocycles. The number of nitrogens with zero attached hydrogens (tertiary/aromatic N) is 2. The van der Waals surface area contributed by atoms with E-state index in [2.05, 4.69) is 26.1 Å². The normalized spacial score (nSPS) is 9.07. The van der Waals surface area contributed by atoms with E-state index in [0.717, 1.165) is 18.0 Å². The van der Waals surface area contributed by atoms with Gasteiger partial charge in [0.15, 0.2) is 0 Å². The highest BCUT2D eigenvalue weighted by Crippen LogP contribution is 2.07. The molecule has 6 heteroatoms. The van der Waals surface area contributed by atoms with Crippen molar-refractivity contribution in [2.75, 3.05) is 11.9 Å². The van der Waals surface area contributed by atoms with Gasteiger partial charge in [-0.25, -0.2) is 4.79 Å². The Labute approximate surface area is 86.1 Å². The highest BCUT2D eigenvalue weighted by atomic mass is 32.1. The number of hydrogen-bond acceptors (Lipinski definition) is 4. The highest BCUT2D eigenvalue weighted by Gasteiger charge is 2.01. The minimum Gasteiger partial charge on any atom is -0.338 e. The van der Waals surface area contributed by atoms with Crippen LogP contribution in [0.3, 0.4) is 0 Å². The Hall–Kier alpha value is -1.61. The first-order valence-corrected chi connectivity index (χ1v) is 4.86. The van der Waals surface area contributed by atoms with Crippen LogP contribution in [0.1, 0.15) is 12.8 Å². The molecular weight excluding hydrogens is 200 g/mol. The average Bonchev–Trinajstić information content (AvgIpc) is 2.65. The van der Waals surface area contributed by atoms with Crippen molar-refractivity contribution in [3.8, 4) is 12.3 Å². The lowest BCUT2D eigenvalue weighted by Crippen LogP contribution is -2.29. The molecule has 0 atom stereocenters. The number of carbonyl (C=O) groups excluding carboxylic acids is 1. The Balaban J connectivity index is 2.14. The molecular formula is C8H10N4OS. The Kier molecular flexibility index (Phi) is 4.44. The monoisotopic (exact) mass is 210 g/mol. The van der Waals surface area contributed by atoms with Crippen LogP contribution in [0.15, 0.2) is 6.20 Å². The lowest BCUT2D eigenvalue weighted by molar-refractivity contribution is 0.252. The van der Waals surface area contributed by atoms with E-state index in [1.54, 1.807) is 0 Å². The van der Waals surface area contributed by atoms with Crippen LogP contribution in [-0.2, 0) is 0 Å². The first-order valence-electron chi connectivity index (χ1n) is 4.08. The van der Waals surface area contributed by atoms with Crippen molar-refractivity contribution >= 4 is 22.6 Å². The molecule has 0 bridgehead atoms. The van der Waals surface area contributed by atoms with Crippen molar-refractivity contribution in [1.82, 2.24) is 14.9 Å². The molecule has 0 aliphatic rings. The average molecular weight is 210 g/mol. The number of terminal acetylenes is 1. The second-order valence-corrected chi connectivity index (χ2v) is 3.26. The Morgan fingerprint density at radius 1 is 1.71 bits per heavy atom. The topological polar surface area (TPSA) is 66.9 Å². The van der Waals surface area contributed by atoms with Crippen molar-refractivity contribution in [3.05, 3.63) is 6.20 Å². The Bertz CT molecular complexity index is 317. The maximum Gasteiger partial charge on any atom is 0.319 e. The zero-order valence-electron chi connectivity index (χ0n) is 7.49. The van der Waals surface area contributed by atoms with Crippen molar-refractivity contribution in [3.63, 3.8) is 0 Å². The van der Waals surface area contributed by atoms with E-state index in [-0.39, 0.29) is 6.03 Å². The standard InChI is InChI=1S/C8H10N4OS/c1-2-3-4-5-9-8(13)11-7-6-10-12-14-7/h1,6H,3-5H2,(H2,9,11,13). The summed E-state index contributed by atoms with van der Waals surface area (Å²) in [6, 6.07) is -0.256. The van der Waals surface area contributed by atoms with Crippen LogP contribution in [0.4, 0.5) is 9.80 Å². The van der Waals surface area contributed by atoms with Gasteiger partial charge in [0.05, 0.1) is 6.20 Å². The highest BCUT2D eigenvalue weighted by molar-refractivity contribution is 7.10. The summed E-state index contributed by atoms with van der Waals surface area (Å²) in [7, 11) is 0. The quantitative estimate of drug-likeness (QED) is 0.577. The van der Waals surface area contributed by atoms with Crippen LogP contribution < -0.4 is 10.6 Å². The summed E-state index contributed by atoms with van der Waals surface area (Å²) in [6.07, 6.45) is 8.01. The lowest BCUT2D eigenvalue weighted by atomic mass is 10.3. The molecule has 0 aliphatic carbocycles. The first-order chi connectivity index (χ1) is 6.83. The second kappa shape index (κ2) is 5.94. The minimum atomic E-state index is -0.256. The van der Waals surface area contributed by atoms with Crippen LogP contribution in [-0.4, -0.2) is 22.2 Å². The molecule has 0 saturated heterocycles. The van der Waals surface area contributed by atoms with Crippen molar-refractivity contribution in [2.45, 2.75) is 12.8 Å². The van der Waals surface area contributed by atoms with Crippen LogP contribution >= 0.6 is 11.5 Å². The van der Waals surface area contributed by atoms with Crippen LogP contribution in [0.25, 0.3) is 0 Å². The van der Waals surface area contributed by atoms with Gasteiger partial charge in [0, 0.05) is 24.5 Å². The molecule has 2 amide bonds. The molecule has 74 valence electrons. The van der Waals surface area contributed by atoms with Crippen molar-refractivity contribution in [1.29, 1.82) is 0 Å². The van der Waals surface area contributed by atoms with Gasteiger partial charge < -0.3 is 5.32 Å². The molecule has 1 aromatic heterocycles. The molecule has 0 unspecified atom stereocenters. The third-order valence-electron chi connectivity index (χ3n) is 1.38. The minimum absolute atomic E-state index is 0.256. The van der Waals surface area contributed by atoms with Crippen molar-refractivity contribution in [2.24, 2.45) is 0 Å². The van der Waals surface area contributed by atoms with E-state index in [0.29, 0.717) is 18.0 Å². The van der Waals surface area contributed by atoms with Crippen molar-refractivity contribution < 1.29 is 4.79 Å². The number of nitrogens with one attached hydrogen (secondary N) is 2. The predicted molar refractivity (Wildman–Crippen MR) is 55.0 cm³/mol. The number of rotatable bonds is 4. The van der Waals surface area contributed by atoms with E-state index in [4.69, 9.17) is 6.42 Å². The van der Waals surface area contributed by atoms with Crippen LogP contribution in [0, 0.1) is 12.3 Å². The summed E-state index contributed by atoms with van der Waals surface area (Å²) < 4.78 is 3.61. The zero-order valence-corrected chi connectivity index (χ0v) is 8.30. The maximum atomic E-state index is 11.2. The molecule has 5 nitrogen and oxygen atoms in total. The van der Waals surface area contributed by atoms with Gasteiger partial charge in [0.1, 0.15) is 5.00 Å². The summed E-state index contributed by atoms with van der Waals surface area (Å²) in [5.74, 6) is 2.50. The fraction of sp³-hybridized carbons (Fsp3) is 0.375. The molecule has 1 rings (SSSR count). The zero-order chi connectivity index (χ0) is 10.2. The third-order valence-corrected chi connectivity index (χ3v) is 1.96. The van der Waals surface area contributed by atoms with Gasteiger partial charge in [-0.15, -0.1) is 17.4 Å². The molecule has 14 heavy (non-hydrogen) atoms. The lowest BCUT2D eigenvalue weighted by Gasteiger charge is -2.03. The van der Waals surface area contributed by atoms with E-state index >= 15 is 0 Å². The van der Waals surface area contributed by atoms with Crippen LogP contribution in [0.5, 0.6) is 0 Å². The second-order valence-electron chi connectivity index (χ2n) is 2.47. The molecule has 2 N–H and O–H groups in total. The summed E-state index contributed by atoms with van der Waals surface area (Å²) in [6.45, 7) is 0.572. The smallest absolute Gasteiger partial charge is 0.319 e. The summed E-state index contributed by atoms with van der Waals surface area (Å²) in [5, 5.41) is 9.46. The van der Waals surface area contributed by atoms with Gasteiger partial charge in [0.2, 0.25) is 0 Å². The molecule has 0 saturated carbocycles. The van der Waals surface area contributed by atoms with E-state index in [1.165, 1.54) is 6.20 Å². The largest absolute Gasteiger partial charge is 0.338 e. The Morgan fingerprint density at radius 2 is 2.57 bits per heavy atom. The number of anilines is 1. The molecule has 0 spiro atoms.